The molecule has 0 saturated heterocycles. The van der Waals surface area contributed by atoms with Crippen LogP contribution in [0.2, 0.25) is 0 Å². The Labute approximate surface area is 121 Å². The predicted molar refractivity (Wildman–Crippen MR) is 79.9 cm³/mol. The van der Waals surface area contributed by atoms with Crippen molar-refractivity contribution in [1.29, 1.82) is 0 Å². The van der Waals surface area contributed by atoms with E-state index >= 15 is 0 Å². The summed E-state index contributed by atoms with van der Waals surface area (Å²) in [4.78, 5) is 4.37. The van der Waals surface area contributed by atoms with Gasteiger partial charge in [0.05, 0.1) is 12.3 Å². The van der Waals surface area contributed by atoms with Gasteiger partial charge in [0.2, 0.25) is 5.88 Å². The molecular formula is C17H24N2O. The number of anilines is 1. The van der Waals surface area contributed by atoms with E-state index in [1.807, 2.05) is 19.2 Å². The van der Waals surface area contributed by atoms with E-state index in [1.54, 1.807) is 0 Å². The third-order valence-electron chi connectivity index (χ3n) is 5.60. The third-order valence-corrected chi connectivity index (χ3v) is 5.60. The molecule has 0 aromatic carbocycles. The Morgan fingerprint density at radius 1 is 1.15 bits per heavy atom. The molecule has 1 N–H and O–H groups in total. The van der Waals surface area contributed by atoms with Crippen molar-refractivity contribution in [3.8, 4) is 5.88 Å². The lowest BCUT2D eigenvalue weighted by Gasteiger charge is -2.54. The second kappa shape index (κ2) is 4.94. The van der Waals surface area contributed by atoms with Gasteiger partial charge in [0.1, 0.15) is 0 Å². The zero-order valence-corrected chi connectivity index (χ0v) is 12.2. The Kier molecular flexibility index (Phi) is 3.08. The molecule has 4 saturated carbocycles. The monoisotopic (exact) mass is 272 g/mol. The lowest BCUT2D eigenvalue weighted by molar-refractivity contribution is 0.00745. The zero-order valence-electron chi connectivity index (χ0n) is 12.2. The molecule has 1 heterocycles. The number of aromatic nitrogens is 1. The second-order valence-corrected chi connectivity index (χ2v) is 6.89. The molecule has 3 heteroatoms. The van der Waals surface area contributed by atoms with Crippen LogP contribution in [0.3, 0.4) is 0 Å². The number of pyridine rings is 1. The van der Waals surface area contributed by atoms with Gasteiger partial charge in [0.25, 0.3) is 0 Å². The van der Waals surface area contributed by atoms with Crippen LogP contribution in [0.25, 0.3) is 0 Å². The molecule has 0 unspecified atom stereocenters. The van der Waals surface area contributed by atoms with Crippen LogP contribution >= 0.6 is 0 Å². The topological polar surface area (TPSA) is 34.1 Å². The molecule has 4 fully saturated rings. The van der Waals surface area contributed by atoms with E-state index in [2.05, 4.69) is 16.4 Å². The van der Waals surface area contributed by atoms with Gasteiger partial charge in [-0.2, -0.15) is 0 Å². The molecule has 4 bridgehead atoms. The fourth-order valence-corrected chi connectivity index (χ4v) is 5.09. The van der Waals surface area contributed by atoms with Crippen LogP contribution in [0.4, 0.5) is 5.69 Å². The lowest BCUT2D eigenvalue weighted by Crippen LogP contribution is -2.51. The van der Waals surface area contributed by atoms with Crippen LogP contribution in [0.1, 0.15) is 39.0 Å². The molecule has 1 aromatic heterocycles. The van der Waals surface area contributed by atoms with E-state index in [9.17, 15) is 0 Å². The van der Waals surface area contributed by atoms with Gasteiger partial charge in [0, 0.05) is 12.2 Å². The maximum atomic E-state index is 5.66. The van der Waals surface area contributed by atoms with Crippen molar-refractivity contribution in [1.82, 2.24) is 4.98 Å². The average molecular weight is 272 g/mol. The van der Waals surface area contributed by atoms with Gasteiger partial charge < -0.3 is 10.1 Å². The first-order valence-corrected chi connectivity index (χ1v) is 8.17. The van der Waals surface area contributed by atoms with E-state index in [-0.39, 0.29) is 0 Å². The maximum Gasteiger partial charge on any atom is 0.237 e. The smallest absolute Gasteiger partial charge is 0.237 e. The summed E-state index contributed by atoms with van der Waals surface area (Å²) in [5, 5.41) is 3.79. The normalized spacial score (nSPS) is 38.0. The van der Waals surface area contributed by atoms with Crippen LogP contribution < -0.4 is 10.1 Å². The molecule has 0 aliphatic heterocycles. The maximum absolute atomic E-state index is 5.66. The first kappa shape index (κ1) is 12.5. The van der Waals surface area contributed by atoms with Gasteiger partial charge in [-0.1, -0.05) is 0 Å². The lowest BCUT2D eigenvalue weighted by atomic mass is 9.54. The molecule has 4 aliphatic rings. The average Bonchev–Trinajstić information content (AvgIpc) is 2.44. The minimum Gasteiger partial charge on any atom is -0.476 e. The summed E-state index contributed by atoms with van der Waals surface area (Å²) in [6, 6.07) is 4.76. The number of ether oxygens (including phenoxy) is 1. The minimum absolute atomic E-state index is 0.645. The molecular weight excluding hydrogens is 248 g/mol. The Hall–Kier alpha value is -1.25. The summed E-state index contributed by atoms with van der Waals surface area (Å²) in [5.41, 5.74) is 1.09. The van der Waals surface area contributed by atoms with Crippen LogP contribution in [-0.2, 0) is 0 Å². The minimum atomic E-state index is 0.645. The van der Waals surface area contributed by atoms with Crippen molar-refractivity contribution in [3.05, 3.63) is 18.3 Å². The van der Waals surface area contributed by atoms with Gasteiger partial charge in [-0.05, 0) is 74.8 Å². The second-order valence-electron chi connectivity index (χ2n) is 6.89. The van der Waals surface area contributed by atoms with E-state index in [1.165, 1.54) is 32.1 Å². The highest BCUT2D eigenvalue weighted by Crippen LogP contribution is 2.54. The molecule has 0 spiro atoms. The summed E-state index contributed by atoms with van der Waals surface area (Å²) in [5.74, 6) is 4.57. The fraction of sp³-hybridized carbons (Fsp3) is 0.706. The molecule has 0 amide bonds. The molecule has 5 rings (SSSR count). The van der Waals surface area contributed by atoms with Gasteiger partial charge in [0.15, 0.2) is 0 Å². The van der Waals surface area contributed by atoms with Crippen LogP contribution in [-0.4, -0.2) is 17.6 Å². The standard InChI is InChI=1S/C17H24N2O/c1-2-20-17-15(4-3-5-18-17)19-16-13-7-11-6-12(9-13)10-14(16)8-11/h3-5,11-14,16,19H,2,6-10H2,1H3. The molecule has 1 aromatic rings. The highest BCUT2D eigenvalue weighted by molar-refractivity contribution is 5.53. The predicted octanol–water partition coefficient (Wildman–Crippen LogP) is 3.72. The van der Waals surface area contributed by atoms with Gasteiger partial charge >= 0.3 is 0 Å². The Morgan fingerprint density at radius 2 is 1.85 bits per heavy atom. The summed E-state index contributed by atoms with van der Waals surface area (Å²) in [6.07, 6.45) is 9.08. The highest BCUT2D eigenvalue weighted by Gasteiger charge is 2.48. The van der Waals surface area contributed by atoms with Crippen molar-refractivity contribution in [2.75, 3.05) is 11.9 Å². The van der Waals surface area contributed by atoms with Crippen molar-refractivity contribution in [2.24, 2.45) is 23.7 Å². The van der Waals surface area contributed by atoms with Crippen molar-refractivity contribution in [2.45, 2.75) is 45.1 Å². The summed E-state index contributed by atoms with van der Waals surface area (Å²) < 4.78 is 5.66. The summed E-state index contributed by atoms with van der Waals surface area (Å²) >= 11 is 0. The molecule has 0 radical (unpaired) electrons. The number of hydrogen-bond donors (Lipinski definition) is 1. The van der Waals surface area contributed by atoms with Crippen molar-refractivity contribution >= 4 is 5.69 Å². The first-order chi connectivity index (χ1) is 9.83. The first-order valence-electron chi connectivity index (χ1n) is 8.17. The van der Waals surface area contributed by atoms with Crippen LogP contribution in [0.5, 0.6) is 5.88 Å². The molecule has 4 aliphatic carbocycles. The molecule has 0 atom stereocenters. The van der Waals surface area contributed by atoms with E-state index < -0.39 is 0 Å². The molecule has 108 valence electrons. The summed E-state index contributed by atoms with van der Waals surface area (Å²) in [6.45, 7) is 2.69. The fourth-order valence-electron chi connectivity index (χ4n) is 5.09. The number of nitrogens with one attached hydrogen (secondary N) is 1. The SMILES string of the molecule is CCOc1ncccc1NC1C2CC3CC(C2)CC1C3. The van der Waals surface area contributed by atoms with Gasteiger partial charge in [-0.3, -0.25) is 0 Å². The zero-order chi connectivity index (χ0) is 13.5. The largest absolute Gasteiger partial charge is 0.476 e. The quantitative estimate of drug-likeness (QED) is 0.907. The Morgan fingerprint density at radius 3 is 2.50 bits per heavy atom. The number of hydrogen-bond acceptors (Lipinski definition) is 3. The Bertz CT molecular complexity index is 460. The number of rotatable bonds is 4. The van der Waals surface area contributed by atoms with Gasteiger partial charge in [-0.25, -0.2) is 4.98 Å². The van der Waals surface area contributed by atoms with E-state index in [0.717, 1.165) is 35.2 Å². The number of nitrogens with zero attached hydrogens (tertiary/aromatic N) is 1. The van der Waals surface area contributed by atoms with Crippen molar-refractivity contribution < 1.29 is 4.74 Å². The van der Waals surface area contributed by atoms with Crippen LogP contribution in [0, 0.1) is 23.7 Å². The van der Waals surface area contributed by atoms with Gasteiger partial charge in [-0.15, -0.1) is 0 Å². The third kappa shape index (κ3) is 2.07. The van der Waals surface area contributed by atoms with E-state index in [0.29, 0.717) is 12.6 Å². The molecule has 20 heavy (non-hydrogen) atoms. The Balaban J connectivity index is 1.54. The van der Waals surface area contributed by atoms with E-state index in [4.69, 9.17) is 4.74 Å². The van der Waals surface area contributed by atoms with Crippen LogP contribution in [0.15, 0.2) is 18.3 Å². The summed E-state index contributed by atoms with van der Waals surface area (Å²) in [7, 11) is 0. The highest BCUT2D eigenvalue weighted by atomic mass is 16.5. The van der Waals surface area contributed by atoms with Crippen molar-refractivity contribution in [3.63, 3.8) is 0 Å². The molecule has 3 nitrogen and oxygen atoms in total.